The standard InChI is InChI=1S/C25H34N8O4S/c1-17-21(11-18(12-27-17)23(34)26-5-6-32(7-9-36-3)8-10-37-4)30-24(35)20-14-29-33-16-22(38-25(20)33)19-13-28-31(2)15-19/h11-17,27H,5-10H2,1-4H3,(H,26,34)(H,30,35). The van der Waals surface area contributed by atoms with Crippen molar-refractivity contribution >= 4 is 28.0 Å². The summed E-state index contributed by atoms with van der Waals surface area (Å²) in [5, 5.41) is 17.6. The minimum absolute atomic E-state index is 0.172. The van der Waals surface area contributed by atoms with E-state index in [4.69, 9.17) is 9.47 Å². The summed E-state index contributed by atoms with van der Waals surface area (Å²) >= 11 is 1.47. The lowest BCUT2D eigenvalue weighted by molar-refractivity contribution is -0.117. The summed E-state index contributed by atoms with van der Waals surface area (Å²) in [5.41, 5.74) is 2.47. The number of aryl methyl sites for hydroxylation is 1. The van der Waals surface area contributed by atoms with Gasteiger partial charge < -0.3 is 25.4 Å². The number of aromatic nitrogens is 4. The molecule has 13 heteroatoms. The number of ether oxygens (including phenoxy) is 2. The number of thiazole rings is 1. The van der Waals surface area contributed by atoms with Gasteiger partial charge in [0.05, 0.1) is 47.7 Å². The summed E-state index contributed by atoms with van der Waals surface area (Å²) in [4.78, 5) is 29.9. The first kappa shape index (κ1) is 27.5. The van der Waals surface area contributed by atoms with E-state index in [9.17, 15) is 9.59 Å². The Kier molecular flexibility index (Phi) is 9.29. The van der Waals surface area contributed by atoms with Crippen LogP contribution in [-0.2, 0) is 21.3 Å². The quantitative estimate of drug-likeness (QED) is 0.292. The Morgan fingerprint density at radius 2 is 1.87 bits per heavy atom. The number of hydrogen-bond acceptors (Lipinski definition) is 9. The molecule has 0 saturated heterocycles. The van der Waals surface area contributed by atoms with Gasteiger partial charge in [-0.3, -0.25) is 19.2 Å². The fourth-order valence-electron chi connectivity index (χ4n) is 3.94. The minimum atomic E-state index is -0.284. The maximum atomic E-state index is 13.2. The number of rotatable bonds is 13. The van der Waals surface area contributed by atoms with Crippen molar-refractivity contribution in [2.24, 2.45) is 7.05 Å². The number of fused-ring (bicyclic) bond motifs is 1. The number of methoxy groups -OCH3 is 2. The Bertz CT molecular complexity index is 1320. The average Bonchev–Trinajstić information content (AvgIpc) is 3.62. The number of hydrogen-bond donors (Lipinski definition) is 3. The zero-order valence-corrected chi connectivity index (χ0v) is 22.9. The molecule has 0 radical (unpaired) electrons. The molecule has 0 spiro atoms. The molecule has 3 N–H and O–H groups in total. The monoisotopic (exact) mass is 542 g/mol. The highest BCUT2D eigenvalue weighted by atomic mass is 32.1. The molecule has 1 atom stereocenters. The summed E-state index contributed by atoms with van der Waals surface area (Å²) in [7, 11) is 5.19. The third-order valence-electron chi connectivity index (χ3n) is 6.15. The van der Waals surface area contributed by atoms with Crippen molar-refractivity contribution in [3.8, 4) is 10.4 Å². The molecule has 1 unspecified atom stereocenters. The first-order valence-electron chi connectivity index (χ1n) is 12.3. The van der Waals surface area contributed by atoms with Crippen molar-refractivity contribution in [3.63, 3.8) is 0 Å². The highest BCUT2D eigenvalue weighted by Gasteiger charge is 2.22. The van der Waals surface area contributed by atoms with Gasteiger partial charge in [0.1, 0.15) is 4.83 Å². The zero-order valence-electron chi connectivity index (χ0n) is 22.1. The van der Waals surface area contributed by atoms with E-state index in [1.807, 2.05) is 26.4 Å². The Hall–Kier alpha value is -3.52. The maximum Gasteiger partial charge on any atom is 0.260 e. The minimum Gasteiger partial charge on any atom is -0.383 e. The molecule has 4 heterocycles. The second-order valence-electron chi connectivity index (χ2n) is 8.93. The van der Waals surface area contributed by atoms with E-state index in [-0.39, 0.29) is 17.9 Å². The van der Waals surface area contributed by atoms with Gasteiger partial charge in [-0.1, -0.05) is 0 Å². The summed E-state index contributed by atoms with van der Waals surface area (Å²) in [5.74, 6) is -0.505. The van der Waals surface area contributed by atoms with Gasteiger partial charge in [0, 0.05) is 77.3 Å². The largest absolute Gasteiger partial charge is 0.383 e. The SMILES string of the molecule is COCCN(CCNC(=O)C1=CNC(C)C(NC(=O)c2cnn3cc(-c4cnn(C)c4)sc23)=C1)CCOC. The number of dihydropyridines is 1. The lowest BCUT2D eigenvalue weighted by Crippen LogP contribution is -2.41. The molecule has 38 heavy (non-hydrogen) atoms. The fraction of sp³-hybridized carbons (Fsp3) is 0.440. The van der Waals surface area contributed by atoms with Crippen LogP contribution in [-0.4, -0.2) is 95.8 Å². The summed E-state index contributed by atoms with van der Waals surface area (Å²) in [6, 6.07) is -0.172. The van der Waals surface area contributed by atoms with Gasteiger partial charge in [-0.2, -0.15) is 10.2 Å². The average molecular weight is 543 g/mol. The zero-order chi connectivity index (χ0) is 27.1. The fourth-order valence-corrected chi connectivity index (χ4v) is 4.98. The third-order valence-corrected chi connectivity index (χ3v) is 7.31. The molecule has 3 aromatic heterocycles. The summed E-state index contributed by atoms with van der Waals surface area (Å²) in [6.07, 6.45) is 10.5. The number of carbonyl (C=O) groups excluding carboxylic acids is 2. The molecule has 204 valence electrons. The Morgan fingerprint density at radius 1 is 1.11 bits per heavy atom. The predicted octanol–water partition coefficient (Wildman–Crippen LogP) is 0.997. The van der Waals surface area contributed by atoms with E-state index in [1.165, 1.54) is 11.3 Å². The van der Waals surface area contributed by atoms with Crippen LogP contribution in [0, 0.1) is 0 Å². The Labute approximate surface area is 225 Å². The van der Waals surface area contributed by atoms with Crippen LogP contribution in [0.1, 0.15) is 17.3 Å². The molecule has 12 nitrogen and oxygen atoms in total. The molecule has 3 aromatic rings. The van der Waals surface area contributed by atoms with Crippen LogP contribution < -0.4 is 16.0 Å². The van der Waals surface area contributed by atoms with Gasteiger partial charge in [-0.15, -0.1) is 11.3 Å². The lowest BCUT2D eigenvalue weighted by Gasteiger charge is -2.24. The molecule has 2 amide bonds. The first-order chi connectivity index (χ1) is 18.4. The van der Waals surface area contributed by atoms with Gasteiger partial charge in [0.15, 0.2) is 0 Å². The van der Waals surface area contributed by atoms with E-state index < -0.39 is 0 Å². The van der Waals surface area contributed by atoms with Crippen molar-refractivity contribution in [2.75, 3.05) is 53.6 Å². The predicted molar refractivity (Wildman–Crippen MR) is 145 cm³/mol. The molecule has 0 fully saturated rings. The number of nitrogens with one attached hydrogen (secondary N) is 3. The van der Waals surface area contributed by atoms with Gasteiger partial charge in [-0.05, 0) is 13.0 Å². The van der Waals surface area contributed by atoms with E-state index in [1.54, 1.807) is 48.1 Å². The number of nitrogens with zero attached hydrogens (tertiary/aromatic N) is 5. The van der Waals surface area contributed by atoms with Gasteiger partial charge in [0.2, 0.25) is 0 Å². The molecule has 0 aliphatic carbocycles. The molecule has 0 bridgehead atoms. The van der Waals surface area contributed by atoms with Gasteiger partial charge >= 0.3 is 0 Å². The van der Waals surface area contributed by atoms with Crippen LogP contribution in [0.4, 0.5) is 0 Å². The molecule has 1 aliphatic rings. The van der Waals surface area contributed by atoms with Crippen LogP contribution in [0.15, 0.2) is 48.3 Å². The highest BCUT2D eigenvalue weighted by molar-refractivity contribution is 7.21. The second kappa shape index (κ2) is 12.8. The summed E-state index contributed by atoms with van der Waals surface area (Å²) in [6.45, 7) is 5.78. The van der Waals surface area contributed by atoms with Crippen LogP contribution in [0.5, 0.6) is 0 Å². The van der Waals surface area contributed by atoms with Crippen LogP contribution in [0.25, 0.3) is 15.3 Å². The van der Waals surface area contributed by atoms with Crippen molar-refractivity contribution in [2.45, 2.75) is 13.0 Å². The smallest absolute Gasteiger partial charge is 0.260 e. The van der Waals surface area contributed by atoms with E-state index >= 15 is 0 Å². The Morgan fingerprint density at radius 3 is 2.55 bits per heavy atom. The first-order valence-corrected chi connectivity index (χ1v) is 13.1. The van der Waals surface area contributed by atoms with Crippen molar-refractivity contribution in [3.05, 3.63) is 53.9 Å². The van der Waals surface area contributed by atoms with Crippen molar-refractivity contribution in [1.29, 1.82) is 0 Å². The van der Waals surface area contributed by atoms with Crippen molar-refractivity contribution < 1.29 is 19.1 Å². The molecule has 0 aromatic carbocycles. The van der Waals surface area contributed by atoms with Gasteiger partial charge in [0.25, 0.3) is 11.8 Å². The van der Waals surface area contributed by atoms with E-state index in [0.717, 1.165) is 28.4 Å². The topological polar surface area (TPSA) is 127 Å². The van der Waals surface area contributed by atoms with E-state index in [0.29, 0.717) is 43.1 Å². The van der Waals surface area contributed by atoms with E-state index in [2.05, 4.69) is 31.0 Å². The number of carbonyl (C=O) groups is 2. The molecule has 1 aliphatic heterocycles. The molecule has 4 rings (SSSR count). The van der Waals surface area contributed by atoms with Gasteiger partial charge in [-0.25, -0.2) is 4.52 Å². The molecule has 0 saturated carbocycles. The number of amides is 2. The van der Waals surface area contributed by atoms with Crippen molar-refractivity contribution in [1.82, 2.24) is 40.2 Å². The van der Waals surface area contributed by atoms with Crippen LogP contribution in [0.2, 0.25) is 0 Å². The van der Waals surface area contributed by atoms with Crippen LogP contribution >= 0.6 is 11.3 Å². The Balaban J connectivity index is 1.38. The summed E-state index contributed by atoms with van der Waals surface area (Å²) < 4.78 is 13.8. The lowest BCUT2D eigenvalue weighted by atomic mass is 10.1. The molecular formula is C25H34N8O4S. The normalized spacial score (nSPS) is 15.3. The molecular weight excluding hydrogens is 508 g/mol. The second-order valence-corrected chi connectivity index (χ2v) is 9.96. The highest BCUT2D eigenvalue weighted by Crippen LogP contribution is 2.30. The van der Waals surface area contributed by atoms with Crippen LogP contribution in [0.3, 0.4) is 0 Å². The maximum absolute atomic E-state index is 13.2. The third kappa shape index (κ3) is 6.67.